The van der Waals surface area contributed by atoms with Gasteiger partial charge in [0.05, 0.1) is 22.8 Å². The third kappa shape index (κ3) is 9.61. The first-order chi connectivity index (χ1) is 9.51. The normalized spacial score (nSPS) is 10.2. The summed E-state index contributed by atoms with van der Waals surface area (Å²) in [6, 6.07) is 4.96. The Morgan fingerprint density at radius 1 is 1.40 bits per heavy atom. The molecule has 3 N–H and O–H groups in total. The summed E-state index contributed by atoms with van der Waals surface area (Å²) in [5.41, 5.74) is 0.710. The quantitative estimate of drug-likeness (QED) is 0.325. The third-order valence-electron chi connectivity index (χ3n) is 2.13. The molecule has 0 atom stereocenters. The summed E-state index contributed by atoms with van der Waals surface area (Å²) < 4.78 is 0. The molecule has 0 aliphatic heterocycles. The van der Waals surface area contributed by atoms with Crippen molar-refractivity contribution in [1.29, 1.82) is 0 Å². The van der Waals surface area contributed by atoms with Crippen molar-refractivity contribution < 1.29 is 15.1 Å². The molecule has 1 aromatic rings. The van der Waals surface area contributed by atoms with Crippen LogP contribution in [0.15, 0.2) is 23.4 Å². The van der Waals surface area contributed by atoms with Crippen LogP contribution < -0.4 is 5.32 Å². The van der Waals surface area contributed by atoms with Gasteiger partial charge in [-0.1, -0.05) is 47.8 Å². The number of rotatable bonds is 6. The SMILES string of the molecule is CCCCNCC(=O)O.ON=Cc1ccc(Cl)c(Cl)c1. The van der Waals surface area contributed by atoms with E-state index in [9.17, 15) is 4.79 Å². The van der Waals surface area contributed by atoms with E-state index < -0.39 is 5.97 Å². The number of halogens is 2. The zero-order chi connectivity index (χ0) is 15.4. The minimum Gasteiger partial charge on any atom is -0.480 e. The molecular weight excluding hydrogens is 303 g/mol. The Kier molecular flexibility index (Phi) is 10.8. The van der Waals surface area contributed by atoms with Crippen LogP contribution >= 0.6 is 23.2 Å². The summed E-state index contributed by atoms with van der Waals surface area (Å²) in [5, 5.41) is 22.9. The molecule has 0 unspecified atom stereocenters. The molecule has 0 aliphatic rings. The molecule has 0 radical (unpaired) electrons. The van der Waals surface area contributed by atoms with Crippen LogP contribution in [0.4, 0.5) is 0 Å². The Morgan fingerprint density at radius 2 is 2.10 bits per heavy atom. The van der Waals surface area contributed by atoms with Gasteiger partial charge in [-0.25, -0.2) is 0 Å². The first kappa shape index (κ1) is 18.7. The molecule has 0 spiro atoms. The summed E-state index contributed by atoms with van der Waals surface area (Å²) in [5.74, 6) is -0.786. The van der Waals surface area contributed by atoms with Gasteiger partial charge in [0.15, 0.2) is 0 Å². The van der Waals surface area contributed by atoms with Crippen molar-refractivity contribution in [2.24, 2.45) is 5.16 Å². The van der Waals surface area contributed by atoms with Gasteiger partial charge in [0.25, 0.3) is 0 Å². The van der Waals surface area contributed by atoms with Crippen molar-refractivity contribution in [2.75, 3.05) is 13.1 Å². The molecule has 0 aromatic heterocycles. The fourth-order valence-corrected chi connectivity index (χ4v) is 1.46. The lowest BCUT2D eigenvalue weighted by molar-refractivity contribution is -0.135. The van der Waals surface area contributed by atoms with Gasteiger partial charge in [0.1, 0.15) is 0 Å². The average molecular weight is 321 g/mol. The molecule has 0 fully saturated rings. The van der Waals surface area contributed by atoms with E-state index in [4.69, 9.17) is 33.5 Å². The lowest BCUT2D eigenvalue weighted by Gasteiger charge is -1.96. The summed E-state index contributed by atoms with van der Waals surface area (Å²) >= 11 is 11.3. The molecule has 1 aromatic carbocycles. The van der Waals surface area contributed by atoms with Crippen LogP contribution in [0, 0.1) is 0 Å². The molecule has 7 heteroatoms. The number of nitrogens with one attached hydrogen (secondary N) is 1. The van der Waals surface area contributed by atoms with Crippen LogP contribution in [-0.4, -0.2) is 35.6 Å². The lowest BCUT2D eigenvalue weighted by Crippen LogP contribution is -2.23. The first-order valence-electron chi connectivity index (χ1n) is 6.06. The van der Waals surface area contributed by atoms with Gasteiger partial charge in [0, 0.05) is 0 Å². The van der Waals surface area contributed by atoms with E-state index in [1.54, 1.807) is 18.2 Å². The lowest BCUT2D eigenvalue weighted by atomic mass is 10.2. The van der Waals surface area contributed by atoms with Crippen molar-refractivity contribution in [3.63, 3.8) is 0 Å². The number of aliphatic carboxylic acids is 1. The number of carboxylic acid groups (broad SMARTS) is 1. The van der Waals surface area contributed by atoms with Crippen LogP contribution in [0.3, 0.4) is 0 Å². The number of carboxylic acids is 1. The van der Waals surface area contributed by atoms with Gasteiger partial charge >= 0.3 is 5.97 Å². The van der Waals surface area contributed by atoms with Crippen molar-refractivity contribution in [3.8, 4) is 0 Å². The second-order valence-electron chi connectivity index (χ2n) is 3.84. The van der Waals surface area contributed by atoms with Gasteiger partial charge in [-0.15, -0.1) is 0 Å². The fourth-order valence-electron chi connectivity index (χ4n) is 1.16. The Bertz CT molecular complexity index is 440. The molecular formula is C13H18Cl2N2O3. The highest BCUT2D eigenvalue weighted by Gasteiger charge is 1.96. The Hall–Kier alpha value is -1.30. The molecule has 0 saturated heterocycles. The molecule has 112 valence electrons. The monoisotopic (exact) mass is 320 g/mol. The highest BCUT2D eigenvalue weighted by atomic mass is 35.5. The molecule has 0 bridgehead atoms. The second-order valence-corrected chi connectivity index (χ2v) is 4.66. The van der Waals surface area contributed by atoms with Gasteiger partial charge < -0.3 is 15.6 Å². The van der Waals surface area contributed by atoms with E-state index in [0.29, 0.717) is 15.6 Å². The number of carbonyl (C=O) groups is 1. The molecule has 20 heavy (non-hydrogen) atoms. The van der Waals surface area contributed by atoms with Crippen LogP contribution in [0.5, 0.6) is 0 Å². The summed E-state index contributed by atoms with van der Waals surface area (Å²) in [4.78, 5) is 9.90. The largest absolute Gasteiger partial charge is 0.480 e. The number of hydrogen-bond donors (Lipinski definition) is 3. The molecule has 1 rings (SSSR count). The fraction of sp³-hybridized carbons (Fsp3) is 0.385. The summed E-state index contributed by atoms with van der Waals surface area (Å²) in [7, 11) is 0. The van der Waals surface area contributed by atoms with E-state index in [0.717, 1.165) is 19.4 Å². The maximum absolute atomic E-state index is 9.90. The smallest absolute Gasteiger partial charge is 0.317 e. The Balaban J connectivity index is 0.000000370. The Morgan fingerprint density at radius 3 is 2.60 bits per heavy atom. The molecule has 0 amide bonds. The topological polar surface area (TPSA) is 81.9 Å². The standard InChI is InChI=1S/C7H5Cl2NO.C6H13NO2/c8-6-2-1-5(4-10-11)3-7(6)9;1-2-3-4-7-5-6(8)9/h1-4,11H;7H,2-5H2,1H3,(H,8,9). The van der Waals surface area contributed by atoms with Gasteiger partial charge in [-0.2, -0.15) is 0 Å². The Labute approximate surface area is 128 Å². The van der Waals surface area contributed by atoms with Crippen molar-refractivity contribution in [3.05, 3.63) is 33.8 Å². The van der Waals surface area contributed by atoms with Crippen molar-refractivity contribution in [1.82, 2.24) is 5.32 Å². The van der Waals surface area contributed by atoms with Crippen LogP contribution in [-0.2, 0) is 4.79 Å². The van der Waals surface area contributed by atoms with Gasteiger partial charge in [-0.3, -0.25) is 4.79 Å². The molecule has 5 nitrogen and oxygen atoms in total. The van der Waals surface area contributed by atoms with E-state index in [2.05, 4.69) is 17.4 Å². The molecule has 0 aliphatic carbocycles. The number of oxime groups is 1. The van der Waals surface area contributed by atoms with Crippen LogP contribution in [0.2, 0.25) is 10.0 Å². The van der Waals surface area contributed by atoms with Crippen molar-refractivity contribution in [2.45, 2.75) is 19.8 Å². The molecule has 0 heterocycles. The summed E-state index contributed by atoms with van der Waals surface area (Å²) in [6.45, 7) is 2.96. The van der Waals surface area contributed by atoms with E-state index >= 15 is 0 Å². The van der Waals surface area contributed by atoms with Crippen LogP contribution in [0.25, 0.3) is 0 Å². The number of hydrogen-bond acceptors (Lipinski definition) is 4. The van der Waals surface area contributed by atoms with E-state index in [-0.39, 0.29) is 6.54 Å². The van der Waals surface area contributed by atoms with Gasteiger partial charge in [0.2, 0.25) is 0 Å². The van der Waals surface area contributed by atoms with E-state index in [1.807, 2.05) is 0 Å². The van der Waals surface area contributed by atoms with E-state index in [1.165, 1.54) is 6.21 Å². The maximum Gasteiger partial charge on any atom is 0.317 e. The minimum absolute atomic E-state index is 0.0833. The number of nitrogens with zero attached hydrogens (tertiary/aromatic N) is 1. The first-order valence-corrected chi connectivity index (χ1v) is 6.81. The van der Waals surface area contributed by atoms with Crippen molar-refractivity contribution >= 4 is 35.4 Å². The summed E-state index contributed by atoms with van der Waals surface area (Å²) in [6.07, 6.45) is 3.43. The predicted octanol–water partition coefficient (Wildman–Crippen LogP) is 3.26. The average Bonchev–Trinajstić information content (AvgIpc) is 2.40. The number of unbranched alkanes of at least 4 members (excludes halogenated alkanes) is 1. The van der Waals surface area contributed by atoms with Gasteiger partial charge in [-0.05, 0) is 30.7 Å². The minimum atomic E-state index is -0.786. The number of benzene rings is 1. The zero-order valence-electron chi connectivity index (χ0n) is 11.1. The highest BCUT2D eigenvalue weighted by molar-refractivity contribution is 6.42. The zero-order valence-corrected chi connectivity index (χ0v) is 12.7. The maximum atomic E-state index is 9.90. The van der Waals surface area contributed by atoms with Crippen LogP contribution in [0.1, 0.15) is 25.3 Å². The third-order valence-corrected chi connectivity index (χ3v) is 2.87. The second kappa shape index (κ2) is 11.5. The predicted molar refractivity (Wildman–Crippen MR) is 81.3 cm³/mol. The highest BCUT2D eigenvalue weighted by Crippen LogP contribution is 2.21. The molecule has 0 saturated carbocycles.